The monoisotopic (exact) mass is 252 g/mol. The lowest BCUT2D eigenvalue weighted by Gasteiger charge is -2.19. The van der Waals surface area contributed by atoms with Gasteiger partial charge in [0.2, 0.25) is 5.91 Å². The minimum atomic E-state index is -0.537. The first-order chi connectivity index (χ1) is 8.49. The van der Waals surface area contributed by atoms with Crippen molar-refractivity contribution in [1.29, 1.82) is 0 Å². The van der Waals surface area contributed by atoms with Gasteiger partial charge in [-0.25, -0.2) is 0 Å². The fourth-order valence-corrected chi connectivity index (χ4v) is 1.71. The van der Waals surface area contributed by atoms with Crippen LogP contribution in [-0.4, -0.2) is 26.2 Å². The van der Waals surface area contributed by atoms with Crippen LogP contribution in [0.4, 0.5) is 0 Å². The fraction of sp³-hybridized carbons (Fsp3) is 0.462. The molecule has 1 aromatic rings. The Morgan fingerprint density at radius 3 is 2.28 bits per heavy atom. The summed E-state index contributed by atoms with van der Waals surface area (Å²) < 4.78 is 10.4. The van der Waals surface area contributed by atoms with E-state index in [1.165, 1.54) is 0 Å². The van der Waals surface area contributed by atoms with Gasteiger partial charge in [0.1, 0.15) is 6.04 Å². The summed E-state index contributed by atoms with van der Waals surface area (Å²) in [4.78, 5) is 11.5. The highest BCUT2D eigenvalue weighted by atomic mass is 16.5. The van der Waals surface area contributed by atoms with Crippen molar-refractivity contribution in [2.24, 2.45) is 5.73 Å². The van der Waals surface area contributed by atoms with Crippen LogP contribution in [0.25, 0.3) is 0 Å². The lowest BCUT2D eigenvalue weighted by Crippen LogP contribution is -2.37. The van der Waals surface area contributed by atoms with Crippen molar-refractivity contribution in [3.8, 4) is 11.5 Å². The van der Waals surface area contributed by atoms with Gasteiger partial charge >= 0.3 is 0 Å². The molecule has 0 heterocycles. The number of primary amides is 1. The van der Waals surface area contributed by atoms with Crippen LogP contribution < -0.4 is 20.5 Å². The molecule has 1 unspecified atom stereocenters. The van der Waals surface area contributed by atoms with Crippen molar-refractivity contribution in [1.82, 2.24) is 5.32 Å². The van der Waals surface area contributed by atoms with E-state index in [2.05, 4.69) is 5.32 Å². The summed E-state index contributed by atoms with van der Waals surface area (Å²) in [5, 5.41) is 3.11. The number of carbonyl (C=O) groups is 1. The molecule has 0 saturated carbocycles. The van der Waals surface area contributed by atoms with Gasteiger partial charge in [0.25, 0.3) is 0 Å². The van der Waals surface area contributed by atoms with Gasteiger partial charge in [0.05, 0.1) is 14.2 Å². The molecule has 3 N–H and O–H groups in total. The normalized spacial score (nSPS) is 12.3. The topological polar surface area (TPSA) is 73.6 Å². The second-order valence-electron chi connectivity index (χ2n) is 4.27. The number of nitrogens with one attached hydrogen (secondary N) is 1. The average molecular weight is 252 g/mol. The summed E-state index contributed by atoms with van der Waals surface area (Å²) in [6.45, 7) is 3.91. The van der Waals surface area contributed by atoms with Crippen LogP contribution >= 0.6 is 0 Å². The Balaban J connectivity index is 3.09. The van der Waals surface area contributed by atoms with Crippen LogP contribution in [0, 0.1) is 0 Å². The first-order valence-corrected chi connectivity index (χ1v) is 5.76. The number of ether oxygens (including phenoxy) is 2. The SMILES string of the molecule is COc1ccc(C(NC(C)C)C(N)=O)cc1OC. The van der Waals surface area contributed by atoms with Crippen molar-refractivity contribution < 1.29 is 14.3 Å². The van der Waals surface area contributed by atoms with Gasteiger partial charge in [-0.05, 0) is 31.5 Å². The Bertz CT molecular complexity index is 419. The van der Waals surface area contributed by atoms with Crippen LogP contribution in [-0.2, 0) is 4.79 Å². The molecule has 18 heavy (non-hydrogen) atoms. The quantitative estimate of drug-likeness (QED) is 0.798. The van der Waals surface area contributed by atoms with Crippen LogP contribution in [0.15, 0.2) is 18.2 Å². The third-order valence-corrected chi connectivity index (χ3v) is 2.53. The standard InChI is InChI=1S/C13H20N2O3/c1-8(2)15-12(13(14)16)9-5-6-10(17-3)11(7-9)18-4/h5-8,12,15H,1-4H3,(H2,14,16). The summed E-state index contributed by atoms with van der Waals surface area (Å²) in [6.07, 6.45) is 0. The van der Waals surface area contributed by atoms with Crippen LogP contribution in [0.2, 0.25) is 0 Å². The molecule has 0 radical (unpaired) electrons. The minimum Gasteiger partial charge on any atom is -0.493 e. The predicted octanol–water partition coefficient (Wildman–Crippen LogP) is 1.23. The molecular formula is C13H20N2O3. The molecule has 0 aliphatic heterocycles. The summed E-state index contributed by atoms with van der Waals surface area (Å²) >= 11 is 0. The highest BCUT2D eigenvalue weighted by molar-refractivity contribution is 5.81. The average Bonchev–Trinajstić information content (AvgIpc) is 2.34. The van der Waals surface area contributed by atoms with Gasteiger partial charge in [-0.1, -0.05) is 6.07 Å². The molecule has 1 amide bonds. The van der Waals surface area contributed by atoms with Gasteiger partial charge in [0, 0.05) is 6.04 Å². The third-order valence-electron chi connectivity index (χ3n) is 2.53. The Labute approximate surface area is 107 Å². The molecule has 0 aliphatic rings. The number of nitrogens with two attached hydrogens (primary N) is 1. The molecular weight excluding hydrogens is 232 g/mol. The molecule has 0 bridgehead atoms. The first kappa shape index (κ1) is 14.3. The highest BCUT2D eigenvalue weighted by Crippen LogP contribution is 2.30. The van der Waals surface area contributed by atoms with Gasteiger partial charge in [-0.15, -0.1) is 0 Å². The van der Waals surface area contributed by atoms with E-state index in [1.54, 1.807) is 32.4 Å². The summed E-state index contributed by atoms with van der Waals surface area (Å²) in [7, 11) is 3.12. The van der Waals surface area contributed by atoms with E-state index >= 15 is 0 Å². The van der Waals surface area contributed by atoms with Crippen LogP contribution in [0.3, 0.4) is 0 Å². The number of amides is 1. The maximum atomic E-state index is 11.5. The van der Waals surface area contributed by atoms with Gasteiger partial charge in [0.15, 0.2) is 11.5 Å². The number of methoxy groups -OCH3 is 2. The zero-order chi connectivity index (χ0) is 13.7. The number of benzene rings is 1. The van der Waals surface area contributed by atoms with Crippen molar-refractivity contribution >= 4 is 5.91 Å². The van der Waals surface area contributed by atoms with E-state index in [0.717, 1.165) is 5.56 Å². The zero-order valence-electron chi connectivity index (χ0n) is 11.2. The predicted molar refractivity (Wildman–Crippen MR) is 69.8 cm³/mol. The molecule has 0 fully saturated rings. The summed E-state index contributed by atoms with van der Waals surface area (Å²) in [6, 6.07) is 4.92. The summed E-state index contributed by atoms with van der Waals surface area (Å²) in [5.74, 6) is 0.775. The van der Waals surface area contributed by atoms with E-state index in [9.17, 15) is 4.79 Å². The van der Waals surface area contributed by atoms with Crippen LogP contribution in [0.5, 0.6) is 11.5 Å². The Morgan fingerprint density at radius 1 is 1.22 bits per heavy atom. The fourth-order valence-electron chi connectivity index (χ4n) is 1.71. The molecule has 0 saturated heterocycles. The Morgan fingerprint density at radius 2 is 1.83 bits per heavy atom. The first-order valence-electron chi connectivity index (χ1n) is 5.76. The zero-order valence-corrected chi connectivity index (χ0v) is 11.2. The molecule has 1 atom stereocenters. The molecule has 5 heteroatoms. The van der Waals surface area contributed by atoms with Crippen molar-refractivity contribution in [2.75, 3.05) is 14.2 Å². The van der Waals surface area contributed by atoms with Crippen molar-refractivity contribution in [3.05, 3.63) is 23.8 Å². The summed E-state index contributed by atoms with van der Waals surface area (Å²) in [5.41, 5.74) is 6.16. The number of rotatable bonds is 6. The van der Waals surface area contributed by atoms with Crippen molar-refractivity contribution in [2.45, 2.75) is 25.9 Å². The van der Waals surface area contributed by atoms with Gasteiger partial charge in [-0.2, -0.15) is 0 Å². The van der Waals surface area contributed by atoms with Crippen molar-refractivity contribution in [3.63, 3.8) is 0 Å². The Hall–Kier alpha value is -1.75. The molecule has 1 aromatic carbocycles. The maximum absolute atomic E-state index is 11.5. The van der Waals surface area contributed by atoms with E-state index in [1.807, 2.05) is 13.8 Å². The molecule has 0 spiro atoms. The number of hydrogen-bond donors (Lipinski definition) is 2. The number of hydrogen-bond acceptors (Lipinski definition) is 4. The van der Waals surface area contributed by atoms with Gasteiger partial charge in [-0.3, -0.25) is 10.1 Å². The van der Waals surface area contributed by atoms with E-state index < -0.39 is 11.9 Å². The molecule has 100 valence electrons. The minimum absolute atomic E-state index is 0.149. The Kier molecular flexibility index (Phi) is 4.97. The smallest absolute Gasteiger partial charge is 0.239 e. The molecule has 0 aliphatic carbocycles. The van der Waals surface area contributed by atoms with E-state index in [-0.39, 0.29) is 6.04 Å². The largest absolute Gasteiger partial charge is 0.493 e. The lowest BCUT2D eigenvalue weighted by molar-refractivity contribution is -0.120. The maximum Gasteiger partial charge on any atom is 0.239 e. The van der Waals surface area contributed by atoms with E-state index in [4.69, 9.17) is 15.2 Å². The molecule has 5 nitrogen and oxygen atoms in total. The van der Waals surface area contributed by atoms with Crippen LogP contribution in [0.1, 0.15) is 25.5 Å². The third kappa shape index (κ3) is 3.37. The highest BCUT2D eigenvalue weighted by Gasteiger charge is 2.20. The molecule has 1 rings (SSSR count). The molecule has 0 aromatic heterocycles. The number of carbonyl (C=O) groups excluding carboxylic acids is 1. The second-order valence-corrected chi connectivity index (χ2v) is 4.27. The van der Waals surface area contributed by atoms with Gasteiger partial charge < -0.3 is 15.2 Å². The lowest BCUT2D eigenvalue weighted by atomic mass is 10.0. The van der Waals surface area contributed by atoms with E-state index in [0.29, 0.717) is 11.5 Å². The second kappa shape index (κ2) is 6.26.